The number of phenolic OH excluding ortho intramolecular Hbond substituents is 1. The number of rotatable bonds is 8. The summed E-state index contributed by atoms with van der Waals surface area (Å²) in [7, 11) is 1.60. The van der Waals surface area contributed by atoms with E-state index in [1.807, 2.05) is 6.07 Å². The normalized spacial score (nSPS) is 10.4. The molecule has 0 aliphatic carbocycles. The van der Waals surface area contributed by atoms with Gasteiger partial charge in [0.05, 0.1) is 12.8 Å². The zero-order chi connectivity index (χ0) is 24.4. The molecule has 0 aliphatic rings. The molecule has 0 atom stereocenters. The number of halogens is 1. The second-order valence-corrected chi connectivity index (χ2v) is 8.88. The average Bonchev–Trinajstić information content (AvgIpc) is 2.81. The number of benzene rings is 3. The smallest absolute Gasteiger partial charge is 0.161 e. The lowest BCUT2D eigenvalue weighted by Crippen LogP contribution is -2.08. The fourth-order valence-electron chi connectivity index (χ4n) is 3.09. The van der Waals surface area contributed by atoms with Gasteiger partial charge >= 0.3 is 0 Å². The highest BCUT2D eigenvalue weighted by Crippen LogP contribution is 2.40. The molecule has 178 valence electrons. The fraction of sp³-hybridized carbons (Fsp3) is 0.333. The molecular formula is C27H35BrN2O3. The number of phenols is 1. The fourth-order valence-corrected chi connectivity index (χ4v) is 3.52. The monoisotopic (exact) mass is 514 g/mol. The molecule has 0 spiro atoms. The van der Waals surface area contributed by atoms with Crippen LogP contribution in [0.25, 0.3) is 0 Å². The highest BCUT2D eigenvalue weighted by Gasteiger charge is 2.16. The van der Waals surface area contributed by atoms with Crippen molar-refractivity contribution in [2.24, 2.45) is 0 Å². The maximum absolute atomic E-state index is 9.76. The lowest BCUT2D eigenvalue weighted by atomic mass is 10.0. The van der Waals surface area contributed by atoms with E-state index in [4.69, 9.17) is 15.2 Å². The van der Waals surface area contributed by atoms with Crippen LogP contribution in [0.3, 0.4) is 0 Å². The molecule has 0 radical (unpaired) electrons. The second-order valence-electron chi connectivity index (χ2n) is 8.09. The molecule has 0 aliphatic heterocycles. The molecule has 3 aromatic carbocycles. The Morgan fingerprint density at radius 1 is 1.06 bits per heavy atom. The molecule has 3 rings (SSSR count). The van der Waals surface area contributed by atoms with E-state index in [9.17, 15) is 5.11 Å². The first-order valence-corrected chi connectivity index (χ1v) is 11.9. The van der Waals surface area contributed by atoms with Crippen LogP contribution in [0.1, 0.15) is 49.8 Å². The molecule has 3 aromatic rings. The minimum absolute atomic E-state index is 0.102. The Bertz CT molecular complexity index is 1020. The van der Waals surface area contributed by atoms with Gasteiger partial charge in [0.2, 0.25) is 0 Å². The number of hydrogen-bond acceptors (Lipinski definition) is 5. The lowest BCUT2D eigenvalue weighted by Gasteiger charge is -2.18. The van der Waals surface area contributed by atoms with E-state index < -0.39 is 0 Å². The number of ether oxygens (including phenoxy) is 2. The molecule has 4 N–H and O–H groups in total. The minimum atomic E-state index is 0.102. The Labute approximate surface area is 206 Å². The number of nitrogen functional groups attached to an aromatic ring is 1. The predicted octanol–water partition coefficient (Wildman–Crippen LogP) is 7.26. The molecule has 0 aromatic heterocycles. The number of para-hydroxylation sites is 2. The molecule has 33 heavy (non-hydrogen) atoms. The Hall–Kier alpha value is -2.86. The summed E-state index contributed by atoms with van der Waals surface area (Å²) in [5.41, 5.74) is 11.2. The standard InChI is InChI=1S/C17H21BrN2O3.C10H14/c1-3-8-20-17-14(22-2)9-11(15(18)16(17)19)10-23-13-7-5-4-6-12(13)21;1-8(2)10-6-4-9(3)5-7-10/h4-7,9,20-21H,3,8,10,19H2,1-2H3;4-8H,1-3H3. The maximum atomic E-state index is 9.76. The molecule has 0 amide bonds. The van der Waals surface area contributed by atoms with Gasteiger partial charge in [0.15, 0.2) is 11.5 Å². The molecule has 0 saturated heterocycles. The second kappa shape index (κ2) is 13.0. The summed E-state index contributed by atoms with van der Waals surface area (Å²) in [6.45, 7) is 9.69. The van der Waals surface area contributed by atoms with Gasteiger partial charge in [-0.25, -0.2) is 0 Å². The number of nitrogens with two attached hydrogens (primary N) is 1. The summed E-state index contributed by atoms with van der Waals surface area (Å²) < 4.78 is 11.9. The van der Waals surface area contributed by atoms with Gasteiger partial charge in [-0.2, -0.15) is 0 Å². The van der Waals surface area contributed by atoms with Crippen LogP contribution in [-0.2, 0) is 6.61 Å². The van der Waals surface area contributed by atoms with Crippen molar-refractivity contribution < 1.29 is 14.6 Å². The van der Waals surface area contributed by atoms with Crippen molar-refractivity contribution in [2.45, 2.75) is 46.6 Å². The van der Waals surface area contributed by atoms with Crippen molar-refractivity contribution in [3.63, 3.8) is 0 Å². The zero-order valence-electron chi connectivity index (χ0n) is 20.1. The van der Waals surface area contributed by atoms with Crippen LogP contribution in [0.5, 0.6) is 17.2 Å². The summed E-state index contributed by atoms with van der Waals surface area (Å²) in [5.74, 6) is 1.84. The van der Waals surface area contributed by atoms with Crippen LogP contribution < -0.4 is 20.5 Å². The number of aromatic hydroxyl groups is 1. The van der Waals surface area contributed by atoms with Crippen LogP contribution in [0.4, 0.5) is 11.4 Å². The van der Waals surface area contributed by atoms with E-state index >= 15 is 0 Å². The zero-order valence-corrected chi connectivity index (χ0v) is 21.7. The molecule has 5 nitrogen and oxygen atoms in total. The Balaban J connectivity index is 0.000000321. The van der Waals surface area contributed by atoms with Gasteiger partial charge in [-0.1, -0.05) is 62.7 Å². The summed E-state index contributed by atoms with van der Waals surface area (Å²) in [6, 6.07) is 17.4. The summed E-state index contributed by atoms with van der Waals surface area (Å²) >= 11 is 3.52. The molecule has 0 bridgehead atoms. The third-order valence-corrected chi connectivity index (χ3v) is 6.04. The van der Waals surface area contributed by atoms with Crippen molar-refractivity contribution >= 4 is 27.3 Å². The SMILES string of the molecule is CCCNc1c(OC)cc(COc2ccccc2O)c(Br)c1N.Cc1ccc(C(C)C)cc1. The van der Waals surface area contributed by atoms with Gasteiger partial charge in [-0.05, 0) is 59.0 Å². The number of methoxy groups -OCH3 is 1. The maximum Gasteiger partial charge on any atom is 0.161 e. The first-order chi connectivity index (χ1) is 15.8. The molecule has 0 saturated carbocycles. The van der Waals surface area contributed by atoms with Crippen molar-refractivity contribution in [1.82, 2.24) is 0 Å². The van der Waals surface area contributed by atoms with Gasteiger partial charge in [0.25, 0.3) is 0 Å². The number of hydrogen-bond donors (Lipinski definition) is 3. The van der Waals surface area contributed by atoms with Crippen LogP contribution in [0.15, 0.2) is 59.1 Å². The van der Waals surface area contributed by atoms with Crippen LogP contribution in [-0.4, -0.2) is 18.8 Å². The molecule has 6 heteroatoms. The van der Waals surface area contributed by atoms with E-state index in [0.29, 0.717) is 23.1 Å². The van der Waals surface area contributed by atoms with Gasteiger partial charge in [0.1, 0.15) is 18.0 Å². The first-order valence-electron chi connectivity index (χ1n) is 11.1. The van der Waals surface area contributed by atoms with Crippen molar-refractivity contribution in [1.29, 1.82) is 0 Å². The van der Waals surface area contributed by atoms with E-state index in [2.05, 4.69) is 73.2 Å². The Morgan fingerprint density at radius 2 is 1.73 bits per heavy atom. The Kier molecular flexibility index (Phi) is 10.4. The summed E-state index contributed by atoms with van der Waals surface area (Å²) in [6.07, 6.45) is 0.984. The number of nitrogens with one attached hydrogen (secondary N) is 1. The van der Waals surface area contributed by atoms with Crippen LogP contribution >= 0.6 is 15.9 Å². The number of aryl methyl sites for hydroxylation is 1. The Morgan fingerprint density at radius 3 is 2.30 bits per heavy atom. The van der Waals surface area contributed by atoms with E-state index in [1.165, 1.54) is 11.1 Å². The van der Waals surface area contributed by atoms with Crippen molar-refractivity contribution in [3.8, 4) is 17.2 Å². The highest BCUT2D eigenvalue weighted by atomic mass is 79.9. The highest BCUT2D eigenvalue weighted by molar-refractivity contribution is 9.10. The molecular weight excluding hydrogens is 480 g/mol. The third kappa shape index (κ3) is 7.60. The summed E-state index contributed by atoms with van der Waals surface area (Å²) in [5, 5.41) is 13.0. The molecule has 0 unspecified atom stereocenters. The third-order valence-electron chi connectivity index (χ3n) is 5.10. The topological polar surface area (TPSA) is 76.7 Å². The average molecular weight is 515 g/mol. The predicted molar refractivity (Wildman–Crippen MR) is 142 cm³/mol. The summed E-state index contributed by atoms with van der Waals surface area (Å²) in [4.78, 5) is 0. The van der Waals surface area contributed by atoms with Gasteiger partial charge in [-0.15, -0.1) is 0 Å². The van der Waals surface area contributed by atoms with E-state index in [0.717, 1.165) is 28.7 Å². The molecule has 0 heterocycles. The van der Waals surface area contributed by atoms with Gasteiger partial charge < -0.3 is 25.6 Å². The van der Waals surface area contributed by atoms with E-state index in [1.54, 1.807) is 31.4 Å². The van der Waals surface area contributed by atoms with Crippen LogP contribution in [0.2, 0.25) is 0 Å². The number of anilines is 2. The largest absolute Gasteiger partial charge is 0.504 e. The lowest BCUT2D eigenvalue weighted by molar-refractivity contribution is 0.288. The van der Waals surface area contributed by atoms with Crippen LogP contribution in [0, 0.1) is 6.92 Å². The van der Waals surface area contributed by atoms with Gasteiger partial charge in [0, 0.05) is 16.6 Å². The first kappa shape index (κ1) is 26.4. The van der Waals surface area contributed by atoms with Crippen molar-refractivity contribution in [3.05, 3.63) is 75.8 Å². The van der Waals surface area contributed by atoms with Gasteiger partial charge in [-0.3, -0.25) is 0 Å². The van der Waals surface area contributed by atoms with E-state index in [-0.39, 0.29) is 12.4 Å². The quantitative estimate of drug-likeness (QED) is 0.275. The minimum Gasteiger partial charge on any atom is -0.504 e. The molecule has 0 fully saturated rings. The van der Waals surface area contributed by atoms with Crippen molar-refractivity contribution in [2.75, 3.05) is 24.7 Å².